The summed E-state index contributed by atoms with van der Waals surface area (Å²) >= 11 is 3.41. The maximum atomic E-state index is 5.69. The van der Waals surface area contributed by atoms with Crippen LogP contribution in [-0.2, 0) is 24.5 Å². The van der Waals surface area contributed by atoms with Crippen molar-refractivity contribution in [3.05, 3.63) is 69.7 Å². The van der Waals surface area contributed by atoms with Crippen molar-refractivity contribution in [2.75, 3.05) is 0 Å². The first-order valence-electron chi connectivity index (χ1n) is 5.88. The molecule has 3 heteroatoms. The van der Waals surface area contributed by atoms with Crippen molar-refractivity contribution in [3.63, 3.8) is 0 Å². The molecular weight excluding hydrogens is 290 g/mol. The molecule has 0 aromatic heterocycles. The number of rotatable bonds is 5. The molecule has 0 saturated carbocycles. The van der Waals surface area contributed by atoms with Crippen LogP contribution in [0, 0.1) is 0 Å². The Balaban J connectivity index is 1.86. The maximum Gasteiger partial charge on any atom is 0.0721 e. The van der Waals surface area contributed by atoms with E-state index >= 15 is 0 Å². The summed E-state index contributed by atoms with van der Waals surface area (Å²) in [6, 6.07) is 16.3. The Bertz CT molecular complexity index is 496. The molecule has 2 N–H and O–H groups in total. The largest absolute Gasteiger partial charge is 0.372 e. The van der Waals surface area contributed by atoms with Crippen LogP contribution in [0.4, 0.5) is 0 Å². The fourth-order valence-electron chi connectivity index (χ4n) is 1.71. The lowest BCUT2D eigenvalue weighted by molar-refractivity contribution is 0.107. The van der Waals surface area contributed by atoms with Crippen LogP contribution in [0.3, 0.4) is 0 Å². The van der Waals surface area contributed by atoms with Gasteiger partial charge in [-0.2, -0.15) is 0 Å². The molecule has 2 rings (SSSR count). The van der Waals surface area contributed by atoms with Crippen LogP contribution in [-0.4, -0.2) is 0 Å². The van der Waals surface area contributed by atoms with Gasteiger partial charge in [-0.1, -0.05) is 52.3 Å². The van der Waals surface area contributed by atoms with Crippen molar-refractivity contribution >= 4 is 15.9 Å². The first kappa shape index (κ1) is 13.3. The quantitative estimate of drug-likeness (QED) is 0.915. The summed E-state index contributed by atoms with van der Waals surface area (Å²) in [4.78, 5) is 0. The summed E-state index contributed by atoms with van der Waals surface area (Å²) in [5.74, 6) is 0. The van der Waals surface area contributed by atoms with E-state index in [2.05, 4.69) is 40.2 Å². The fraction of sp³-hybridized carbons (Fsp3) is 0.200. The van der Waals surface area contributed by atoms with Gasteiger partial charge < -0.3 is 10.5 Å². The molecule has 0 spiro atoms. The molecule has 0 bridgehead atoms. The normalized spacial score (nSPS) is 10.6. The number of hydrogen-bond acceptors (Lipinski definition) is 2. The first-order valence-corrected chi connectivity index (χ1v) is 6.67. The fourth-order valence-corrected chi connectivity index (χ4v) is 1.98. The third kappa shape index (κ3) is 3.95. The van der Waals surface area contributed by atoms with Gasteiger partial charge in [0.1, 0.15) is 0 Å². The number of benzene rings is 2. The van der Waals surface area contributed by atoms with Gasteiger partial charge in [0.15, 0.2) is 0 Å². The van der Waals surface area contributed by atoms with Gasteiger partial charge in [0.2, 0.25) is 0 Å². The highest BCUT2D eigenvalue weighted by Crippen LogP contribution is 2.12. The average molecular weight is 306 g/mol. The van der Waals surface area contributed by atoms with Gasteiger partial charge >= 0.3 is 0 Å². The second-order valence-corrected chi connectivity index (χ2v) is 5.06. The minimum Gasteiger partial charge on any atom is -0.372 e. The summed E-state index contributed by atoms with van der Waals surface area (Å²) in [5, 5.41) is 0. The molecule has 0 unspecified atom stereocenters. The molecule has 0 amide bonds. The highest BCUT2D eigenvalue weighted by atomic mass is 79.9. The van der Waals surface area contributed by atoms with Crippen molar-refractivity contribution in [2.45, 2.75) is 19.8 Å². The molecule has 0 heterocycles. The molecule has 2 aromatic carbocycles. The van der Waals surface area contributed by atoms with E-state index in [4.69, 9.17) is 10.5 Å². The first-order chi connectivity index (χ1) is 8.78. The second kappa shape index (κ2) is 6.69. The lowest BCUT2D eigenvalue weighted by atomic mass is 10.1. The molecule has 18 heavy (non-hydrogen) atoms. The molecule has 0 aliphatic carbocycles. The topological polar surface area (TPSA) is 35.2 Å². The highest BCUT2D eigenvalue weighted by Gasteiger charge is 1.97. The van der Waals surface area contributed by atoms with Crippen LogP contribution in [0.15, 0.2) is 53.0 Å². The van der Waals surface area contributed by atoms with Crippen LogP contribution < -0.4 is 5.73 Å². The molecule has 2 aromatic rings. The third-order valence-electron chi connectivity index (χ3n) is 2.68. The lowest BCUT2D eigenvalue weighted by Gasteiger charge is -2.06. The Kier molecular flexibility index (Phi) is 4.93. The smallest absolute Gasteiger partial charge is 0.0721 e. The summed E-state index contributed by atoms with van der Waals surface area (Å²) in [6.45, 7) is 1.81. The molecule has 94 valence electrons. The van der Waals surface area contributed by atoms with E-state index in [0.29, 0.717) is 19.8 Å². The summed E-state index contributed by atoms with van der Waals surface area (Å²) < 4.78 is 6.77. The van der Waals surface area contributed by atoms with Crippen LogP contribution in [0.5, 0.6) is 0 Å². The molecule has 0 fully saturated rings. The Labute approximate surface area is 116 Å². The molecule has 0 aliphatic rings. The van der Waals surface area contributed by atoms with Gasteiger partial charge in [-0.3, -0.25) is 0 Å². The number of nitrogens with two attached hydrogens (primary N) is 1. The standard InChI is InChI=1S/C15H16BrNO/c16-15-6-4-12(5-7-15)10-18-11-14-3-1-2-13(8-14)9-17/h1-8H,9-11,17H2. The zero-order valence-electron chi connectivity index (χ0n) is 10.1. The van der Waals surface area contributed by atoms with Crippen molar-refractivity contribution in [2.24, 2.45) is 5.73 Å². The second-order valence-electron chi connectivity index (χ2n) is 4.14. The van der Waals surface area contributed by atoms with Gasteiger partial charge in [-0.05, 0) is 28.8 Å². The number of hydrogen-bond donors (Lipinski definition) is 1. The van der Waals surface area contributed by atoms with Gasteiger partial charge in [0.05, 0.1) is 13.2 Å². The van der Waals surface area contributed by atoms with Crippen molar-refractivity contribution in [3.8, 4) is 0 Å². The van der Waals surface area contributed by atoms with E-state index in [0.717, 1.165) is 15.6 Å². The Hall–Kier alpha value is -1.16. The lowest BCUT2D eigenvalue weighted by Crippen LogP contribution is -1.98. The predicted molar refractivity (Wildman–Crippen MR) is 77.0 cm³/mol. The van der Waals surface area contributed by atoms with Gasteiger partial charge in [-0.25, -0.2) is 0 Å². The summed E-state index contributed by atoms with van der Waals surface area (Å²) in [5.41, 5.74) is 9.08. The third-order valence-corrected chi connectivity index (χ3v) is 3.21. The van der Waals surface area contributed by atoms with E-state index in [1.54, 1.807) is 0 Å². The van der Waals surface area contributed by atoms with E-state index < -0.39 is 0 Å². The van der Waals surface area contributed by atoms with E-state index in [9.17, 15) is 0 Å². The molecule has 0 saturated heterocycles. The minimum absolute atomic E-state index is 0.570. The minimum atomic E-state index is 0.570. The summed E-state index contributed by atoms with van der Waals surface area (Å²) in [6.07, 6.45) is 0. The Morgan fingerprint density at radius 3 is 2.28 bits per heavy atom. The van der Waals surface area contributed by atoms with E-state index in [1.807, 2.05) is 24.3 Å². The molecule has 0 aliphatic heterocycles. The summed E-state index contributed by atoms with van der Waals surface area (Å²) in [7, 11) is 0. The van der Waals surface area contributed by atoms with Crippen molar-refractivity contribution in [1.29, 1.82) is 0 Å². The van der Waals surface area contributed by atoms with Crippen molar-refractivity contribution in [1.82, 2.24) is 0 Å². The zero-order valence-corrected chi connectivity index (χ0v) is 11.7. The molecule has 0 radical (unpaired) electrons. The predicted octanol–water partition coefficient (Wildman–Crippen LogP) is 3.62. The van der Waals surface area contributed by atoms with Gasteiger partial charge in [0.25, 0.3) is 0 Å². The van der Waals surface area contributed by atoms with E-state index in [1.165, 1.54) is 5.56 Å². The van der Waals surface area contributed by atoms with Gasteiger partial charge in [-0.15, -0.1) is 0 Å². The van der Waals surface area contributed by atoms with Gasteiger partial charge in [0, 0.05) is 11.0 Å². The average Bonchev–Trinajstić information content (AvgIpc) is 2.41. The van der Waals surface area contributed by atoms with Crippen molar-refractivity contribution < 1.29 is 4.74 Å². The molecule has 2 nitrogen and oxygen atoms in total. The Morgan fingerprint density at radius 1 is 0.889 bits per heavy atom. The molecular formula is C15H16BrNO. The monoisotopic (exact) mass is 305 g/mol. The van der Waals surface area contributed by atoms with Crippen LogP contribution in [0.1, 0.15) is 16.7 Å². The maximum absolute atomic E-state index is 5.69. The SMILES string of the molecule is NCc1cccc(COCc2ccc(Br)cc2)c1. The van der Waals surface area contributed by atoms with Crippen LogP contribution in [0.25, 0.3) is 0 Å². The number of ether oxygens (including phenoxy) is 1. The van der Waals surface area contributed by atoms with Crippen LogP contribution in [0.2, 0.25) is 0 Å². The number of halogens is 1. The van der Waals surface area contributed by atoms with Crippen LogP contribution >= 0.6 is 15.9 Å². The molecule has 0 atom stereocenters. The Morgan fingerprint density at radius 2 is 1.56 bits per heavy atom. The highest BCUT2D eigenvalue weighted by molar-refractivity contribution is 9.10. The zero-order chi connectivity index (χ0) is 12.8. The van der Waals surface area contributed by atoms with E-state index in [-0.39, 0.29) is 0 Å².